The standard InChI is InChI=1S/C13H8BrN3O2S/c1-7-11(18)15-13-17(16-7)12(19)10(20-13)6-8-2-4-9(14)5-3-8/h2-6H,1H3. The zero-order valence-electron chi connectivity index (χ0n) is 10.3. The second-order valence-electron chi connectivity index (χ2n) is 4.16. The SMILES string of the molecule is Cc1nn2c(=O)c(=Cc3ccc(Br)cc3)sc2nc1=O. The van der Waals surface area contributed by atoms with E-state index in [9.17, 15) is 9.59 Å². The van der Waals surface area contributed by atoms with Gasteiger partial charge in [-0.05, 0) is 30.7 Å². The predicted molar refractivity (Wildman–Crippen MR) is 81.1 cm³/mol. The third kappa shape index (κ3) is 2.30. The van der Waals surface area contributed by atoms with E-state index in [2.05, 4.69) is 26.0 Å². The third-order valence-electron chi connectivity index (χ3n) is 2.71. The van der Waals surface area contributed by atoms with E-state index >= 15 is 0 Å². The zero-order valence-corrected chi connectivity index (χ0v) is 12.7. The number of halogens is 1. The lowest BCUT2D eigenvalue weighted by Gasteiger charge is -1.91. The van der Waals surface area contributed by atoms with Crippen molar-refractivity contribution < 1.29 is 0 Å². The molecule has 0 unspecified atom stereocenters. The van der Waals surface area contributed by atoms with Crippen molar-refractivity contribution in [2.75, 3.05) is 0 Å². The van der Waals surface area contributed by atoms with Gasteiger partial charge in [0.2, 0.25) is 4.96 Å². The highest BCUT2D eigenvalue weighted by Gasteiger charge is 2.07. The summed E-state index contributed by atoms with van der Waals surface area (Å²) in [4.78, 5) is 27.8. The quantitative estimate of drug-likeness (QED) is 0.660. The molecule has 0 radical (unpaired) electrons. The fourth-order valence-electron chi connectivity index (χ4n) is 1.70. The molecule has 2 heterocycles. The summed E-state index contributed by atoms with van der Waals surface area (Å²) < 4.78 is 2.64. The first-order valence-corrected chi connectivity index (χ1v) is 7.33. The molecule has 0 saturated heterocycles. The van der Waals surface area contributed by atoms with Gasteiger partial charge in [0.25, 0.3) is 11.1 Å². The van der Waals surface area contributed by atoms with Gasteiger partial charge in [-0.2, -0.15) is 14.6 Å². The van der Waals surface area contributed by atoms with Crippen LogP contribution >= 0.6 is 27.3 Å². The van der Waals surface area contributed by atoms with Gasteiger partial charge in [0, 0.05) is 4.47 Å². The molecule has 0 aliphatic rings. The van der Waals surface area contributed by atoms with E-state index < -0.39 is 5.56 Å². The molecule has 0 N–H and O–H groups in total. The van der Waals surface area contributed by atoms with Crippen LogP contribution in [0.15, 0.2) is 38.3 Å². The van der Waals surface area contributed by atoms with Crippen molar-refractivity contribution in [1.29, 1.82) is 0 Å². The van der Waals surface area contributed by atoms with Gasteiger partial charge in [0.15, 0.2) is 0 Å². The number of benzene rings is 1. The average Bonchev–Trinajstić information content (AvgIpc) is 2.70. The van der Waals surface area contributed by atoms with Crippen LogP contribution in [0.1, 0.15) is 11.3 Å². The molecule has 0 spiro atoms. The molecule has 100 valence electrons. The Hall–Kier alpha value is -1.86. The first-order chi connectivity index (χ1) is 9.54. The van der Waals surface area contributed by atoms with Crippen LogP contribution < -0.4 is 15.7 Å². The van der Waals surface area contributed by atoms with Crippen molar-refractivity contribution >= 4 is 38.3 Å². The maximum absolute atomic E-state index is 12.2. The summed E-state index contributed by atoms with van der Waals surface area (Å²) in [7, 11) is 0. The Kier molecular flexibility index (Phi) is 3.23. The van der Waals surface area contributed by atoms with E-state index in [1.165, 1.54) is 11.4 Å². The molecular formula is C13H8BrN3O2S. The van der Waals surface area contributed by atoms with Crippen molar-refractivity contribution in [3.8, 4) is 0 Å². The molecule has 3 rings (SSSR count). The largest absolute Gasteiger partial charge is 0.295 e. The second kappa shape index (κ2) is 4.92. The maximum Gasteiger partial charge on any atom is 0.295 e. The molecular weight excluding hydrogens is 342 g/mol. The lowest BCUT2D eigenvalue weighted by molar-refractivity contribution is 0.833. The van der Waals surface area contributed by atoms with Gasteiger partial charge in [-0.25, -0.2) is 0 Å². The molecule has 20 heavy (non-hydrogen) atoms. The number of nitrogens with zero attached hydrogens (tertiary/aromatic N) is 3. The number of fused-ring (bicyclic) bond motifs is 1. The van der Waals surface area contributed by atoms with Crippen LogP contribution in [0.2, 0.25) is 0 Å². The van der Waals surface area contributed by atoms with Gasteiger partial charge in [0.05, 0.1) is 4.53 Å². The Balaban J connectivity index is 2.27. The van der Waals surface area contributed by atoms with Crippen molar-refractivity contribution in [2.45, 2.75) is 6.92 Å². The monoisotopic (exact) mass is 349 g/mol. The fourth-order valence-corrected chi connectivity index (χ4v) is 2.87. The van der Waals surface area contributed by atoms with Gasteiger partial charge in [0.1, 0.15) is 5.69 Å². The van der Waals surface area contributed by atoms with Gasteiger partial charge in [-0.1, -0.05) is 39.4 Å². The molecule has 0 fully saturated rings. The van der Waals surface area contributed by atoms with E-state index in [-0.39, 0.29) is 11.3 Å². The van der Waals surface area contributed by atoms with Crippen molar-refractivity contribution in [3.05, 3.63) is 65.2 Å². The van der Waals surface area contributed by atoms with Crippen molar-refractivity contribution in [3.63, 3.8) is 0 Å². The Morgan fingerprint density at radius 2 is 1.95 bits per heavy atom. The summed E-state index contributed by atoms with van der Waals surface area (Å²) >= 11 is 4.51. The minimum Gasteiger partial charge on any atom is -0.266 e. The smallest absolute Gasteiger partial charge is 0.266 e. The van der Waals surface area contributed by atoms with Crippen LogP contribution in [0.3, 0.4) is 0 Å². The van der Waals surface area contributed by atoms with Gasteiger partial charge in [-0.15, -0.1) is 0 Å². The summed E-state index contributed by atoms with van der Waals surface area (Å²) in [5.41, 5.74) is 0.453. The topological polar surface area (TPSA) is 64.3 Å². The van der Waals surface area contributed by atoms with Crippen LogP contribution in [0, 0.1) is 6.92 Å². The second-order valence-corrected chi connectivity index (χ2v) is 6.09. The Morgan fingerprint density at radius 3 is 2.65 bits per heavy atom. The van der Waals surface area contributed by atoms with Crippen molar-refractivity contribution in [2.24, 2.45) is 0 Å². The van der Waals surface area contributed by atoms with E-state index in [0.717, 1.165) is 21.4 Å². The maximum atomic E-state index is 12.2. The summed E-state index contributed by atoms with van der Waals surface area (Å²) in [6.07, 6.45) is 1.76. The number of hydrogen-bond donors (Lipinski definition) is 0. The molecule has 0 aliphatic heterocycles. The lowest BCUT2D eigenvalue weighted by Crippen LogP contribution is -2.27. The Bertz CT molecular complexity index is 960. The number of aromatic nitrogens is 3. The predicted octanol–water partition coefficient (Wildman–Crippen LogP) is 1.13. The molecule has 0 atom stereocenters. The van der Waals surface area contributed by atoms with Crippen LogP contribution in [-0.4, -0.2) is 14.6 Å². The van der Waals surface area contributed by atoms with Gasteiger partial charge >= 0.3 is 0 Å². The highest BCUT2D eigenvalue weighted by Crippen LogP contribution is 2.10. The molecule has 2 aromatic heterocycles. The lowest BCUT2D eigenvalue weighted by atomic mass is 10.2. The zero-order chi connectivity index (χ0) is 14.3. The van der Waals surface area contributed by atoms with Crippen LogP contribution in [0.25, 0.3) is 11.0 Å². The molecule has 0 amide bonds. The van der Waals surface area contributed by atoms with E-state index in [4.69, 9.17) is 0 Å². The third-order valence-corrected chi connectivity index (χ3v) is 4.20. The molecule has 0 bridgehead atoms. The molecule has 1 aromatic carbocycles. The summed E-state index contributed by atoms with van der Waals surface area (Å²) in [6, 6.07) is 7.58. The van der Waals surface area contributed by atoms with Gasteiger partial charge < -0.3 is 0 Å². The molecule has 5 nitrogen and oxygen atoms in total. The van der Waals surface area contributed by atoms with E-state index in [1.807, 2.05) is 24.3 Å². The average molecular weight is 350 g/mol. The van der Waals surface area contributed by atoms with Gasteiger partial charge in [-0.3, -0.25) is 9.59 Å². The molecule has 7 heteroatoms. The number of aryl methyl sites for hydroxylation is 1. The normalized spacial score (nSPS) is 12.2. The minimum atomic E-state index is -0.401. The highest BCUT2D eigenvalue weighted by molar-refractivity contribution is 9.10. The fraction of sp³-hybridized carbons (Fsp3) is 0.0769. The summed E-state index contributed by atoms with van der Waals surface area (Å²) in [6.45, 7) is 1.54. The number of thiazole rings is 1. The summed E-state index contributed by atoms with van der Waals surface area (Å²) in [5.74, 6) is 0. The first kappa shape index (κ1) is 13.1. The van der Waals surface area contributed by atoms with Crippen LogP contribution in [0.5, 0.6) is 0 Å². The van der Waals surface area contributed by atoms with Crippen LogP contribution in [-0.2, 0) is 0 Å². The highest BCUT2D eigenvalue weighted by atomic mass is 79.9. The Morgan fingerprint density at radius 1 is 1.25 bits per heavy atom. The van der Waals surface area contributed by atoms with Crippen LogP contribution in [0.4, 0.5) is 0 Å². The van der Waals surface area contributed by atoms with E-state index in [0.29, 0.717) is 9.49 Å². The van der Waals surface area contributed by atoms with Crippen molar-refractivity contribution in [1.82, 2.24) is 14.6 Å². The first-order valence-electron chi connectivity index (χ1n) is 5.72. The number of hydrogen-bond acceptors (Lipinski definition) is 5. The minimum absolute atomic E-state index is 0.215. The summed E-state index contributed by atoms with van der Waals surface area (Å²) in [5, 5.41) is 3.96. The molecule has 0 aliphatic carbocycles. The van der Waals surface area contributed by atoms with E-state index in [1.54, 1.807) is 6.08 Å². The Labute approximate surface area is 125 Å². The number of rotatable bonds is 1. The molecule has 0 saturated carbocycles. The molecule has 3 aromatic rings.